The smallest absolute Gasteiger partial charge is 0.275 e. The van der Waals surface area contributed by atoms with E-state index in [9.17, 15) is 4.79 Å². The number of hydrogen-bond donors (Lipinski definition) is 1. The zero-order chi connectivity index (χ0) is 20.3. The van der Waals surface area contributed by atoms with Crippen LogP contribution in [-0.2, 0) is 0 Å². The number of thiazole rings is 1. The van der Waals surface area contributed by atoms with E-state index in [0.29, 0.717) is 17.2 Å². The molecule has 4 heterocycles. The highest BCUT2D eigenvalue weighted by atomic mass is 32.1. The van der Waals surface area contributed by atoms with Crippen LogP contribution in [0.15, 0.2) is 84.9 Å². The van der Waals surface area contributed by atoms with Crippen LogP contribution in [0.25, 0.3) is 22.1 Å². The summed E-state index contributed by atoms with van der Waals surface area (Å²) < 4.78 is 3.43. The summed E-state index contributed by atoms with van der Waals surface area (Å²) in [6.45, 7) is 0. The van der Waals surface area contributed by atoms with Crippen LogP contribution >= 0.6 is 11.3 Å². The first-order chi connectivity index (χ1) is 14.8. The summed E-state index contributed by atoms with van der Waals surface area (Å²) in [5, 5.41) is 13.8. The molecule has 0 aliphatic rings. The first-order valence-electron chi connectivity index (χ1n) is 9.10. The van der Waals surface area contributed by atoms with Crippen molar-refractivity contribution in [3.8, 4) is 22.1 Å². The SMILES string of the molecule is O=C(Nc1ccc(-n2cccn2)nc1)c1csc(-c2cnn(-c3ccccc3)c2)n1. The summed E-state index contributed by atoms with van der Waals surface area (Å²) in [7, 11) is 0. The molecule has 0 fully saturated rings. The van der Waals surface area contributed by atoms with Crippen molar-refractivity contribution in [2.75, 3.05) is 5.32 Å². The first kappa shape index (κ1) is 18.0. The second kappa shape index (κ2) is 7.72. The minimum atomic E-state index is -0.290. The van der Waals surface area contributed by atoms with Crippen LogP contribution in [0.4, 0.5) is 5.69 Å². The lowest BCUT2D eigenvalue weighted by atomic mass is 10.3. The summed E-state index contributed by atoms with van der Waals surface area (Å²) >= 11 is 1.40. The molecule has 0 bridgehead atoms. The molecule has 8 nitrogen and oxygen atoms in total. The number of pyridine rings is 1. The third-order valence-electron chi connectivity index (χ3n) is 4.33. The van der Waals surface area contributed by atoms with Gasteiger partial charge in [-0.3, -0.25) is 4.79 Å². The highest BCUT2D eigenvalue weighted by Gasteiger charge is 2.14. The Balaban J connectivity index is 1.29. The summed E-state index contributed by atoms with van der Waals surface area (Å²) in [6.07, 6.45) is 8.71. The lowest BCUT2D eigenvalue weighted by molar-refractivity contribution is 0.102. The number of rotatable bonds is 5. The predicted molar refractivity (Wildman–Crippen MR) is 114 cm³/mol. The van der Waals surface area contributed by atoms with E-state index in [1.165, 1.54) is 11.3 Å². The molecule has 1 N–H and O–H groups in total. The quantitative estimate of drug-likeness (QED) is 0.473. The van der Waals surface area contributed by atoms with E-state index in [-0.39, 0.29) is 5.91 Å². The second-order valence-electron chi connectivity index (χ2n) is 6.36. The molecule has 1 amide bonds. The van der Waals surface area contributed by atoms with E-state index >= 15 is 0 Å². The van der Waals surface area contributed by atoms with E-state index in [2.05, 4.69) is 25.5 Å². The van der Waals surface area contributed by atoms with Crippen LogP contribution in [0.1, 0.15) is 10.5 Å². The fraction of sp³-hybridized carbons (Fsp3) is 0. The van der Waals surface area contributed by atoms with Crippen LogP contribution in [-0.4, -0.2) is 35.4 Å². The van der Waals surface area contributed by atoms with Gasteiger partial charge in [-0.1, -0.05) is 18.2 Å². The minimum absolute atomic E-state index is 0.290. The molecule has 5 rings (SSSR count). The number of amides is 1. The number of aromatic nitrogens is 6. The van der Waals surface area contributed by atoms with Crippen molar-refractivity contribution in [1.82, 2.24) is 29.5 Å². The van der Waals surface area contributed by atoms with Crippen molar-refractivity contribution in [3.05, 3.63) is 90.6 Å². The highest BCUT2D eigenvalue weighted by molar-refractivity contribution is 7.13. The van der Waals surface area contributed by atoms with Crippen LogP contribution in [0.5, 0.6) is 0 Å². The van der Waals surface area contributed by atoms with Crippen LogP contribution in [0.3, 0.4) is 0 Å². The van der Waals surface area contributed by atoms with Gasteiger partial charge in [0, 0.05) is 29.5 Å². The molecule has 0 saturated carbocycles. The summed E-state index contributed by atoms with van der Waals surface area (Å²) in [4.78, 5) is 21.3. The maximum absolute atomic E-state index is 12.6. The molecule has 0 spiro atoms. The van der Waals surface area contributed by atoms with Crippen LogP contribution in [0, 0.1) is 0 Å². The Hall–Kier alpha value is -4.11. The highest BCUT2D eigenvalue weighted by Crippen LogP contribution is 2.24. The van der Waals surface area contributed by atoms with Gasteiger partial charge in [0.15, 0.2) is 5.82 Å². The van der Waals surface area contributed by atoms with Crippen molar-refractivity contribution in [2.24, 2.45) is 0 Å². The molecule has 0 aliphatic heterocycles. The monoisotopic (exact) mass is 413 g/mol. The molecular weight excluding hydrogens is 398 g/mol. The fourth-order valence-corrected chi connectivity index (χ4v) is 3.64. The van der Waals surface area contributed by atoms with Gasteiger partial charge in [0.05, 0.1) is 23.8 Å². The van der Waals surface area contributed by atoms with Gasteiger partial charge in [-0.15, -0.1) is 11.3 Å². The second-order valence-corrected chi connectivity index (χ2v) is 7.21. The van der Waals surface area contributed by atoms with Crippen molar-refractivity contribution >= 4 is 22.9 Å². The Morgan fingerprint density at radius 1 is 0.967 bits per heavy atom. The van der Waals surface area contributed by atoms with Gasteiger partial charge >= 0.3 is 0 Å². The Morgan fingerprint density at radius 3 is 2.63 bits per heavy atom. The number of hydrogen-bond acceptors (Lipinski definition) is 6. The maximum atomic E-state index is 12.6. The first-order valence-corrected chi connectivity index (χ1v) is 9.98. The van der Waals surface area contributed by atoms with Gasteiger partial charge in [0.25, 0.3) is 5.91 Å². The normalized spacial score (nSPS) is 10.8. The van der Waals surface area contributed by atoms with Crippen molar-refractivity contribution in [3.63, 3.8) is 0 Å². The molecule has 5 aromatic rings. The zero-order valence-corrected chi connectivity index (χ0v) is 16.4. The average molecular weight is 413 g/mol. The predicted octanol–water partition coefficient (Wildman–Crippen LogP) is 3.83. The van der Waals surface area contributed by atoms with Gasteiger partial charge in [-0.2, -0.15) is 10.2 Å². The average Bonchev–Trinajstić information content (AvgIpc) is 3.56. The van der Waals surface area contributed by atoms with Crippen molar-refractivity contribution in [1.29, 1.82) is 0 Å². The summed E-state index contributed by atoms with van der Waals surface area (Å²) in [5.41, 5.74) is 2.75. The third kappa shape index (κ3) is 3.61. The molecule has 0 atom stereocenters. The molecular formula is C21H15N7OS. The number of carbonyl (C=O) groups is 1. The van der Waals surface area contributed by atoms with E-state index < -0.39 is 0 Å². The number of nitrogens with zero attached hydrogens (tertiary/aromatic N) is 6. The van der Waals surface area contributed by atoms with Gasteiger partial charge in [0.1, 0.15) is 10.7 Å². The number of nitrogens with one attached hydrogen (secondary N) is 1. The number of benzene rings is 1. The topological polar surface area (TPSA) is 90.5 Å². The summed E-state index contributed by atoms with van der Waals surface area (Å²) in [5.74, 6) is 0.381. The molecule has 0 aliphatic carbocycles. The Morgan fingerprint density at radius 2 is 1.87 bits per heavy atom. The molecule has 0 saturated heterocycles. The molecule has 146 valence electrons. The molecule has 30 heavy (non-hydrogen) atoms. The summed E-state index contributed by atoms with van der Waals surface area (Å²) in [6, 6.07) is 15.2. The maximum Gasteiger partial charge on any atom is 0.275 e. The van der Waals surface area contributed by atoms with Crippen molar-refractivity contribution < 1.29 is 4.79 Å². The standard InChI is InChI=1S/C21H15N7OS/c29-20(25-16-7-8-19(22-12-16)27-10-4-9-23-27)18-14-30-21(26-18)15-11-24-28(13-15)17-5-2-1-3-6-17/h1-14H,(H,25,29). The van der Waals surface area contributed by atoms with E-state index in [4.69, 9.17) is 0 Å². The minimum Gasteiger partial charge on any atom is -0.319 e. The van der Waals surface area contributed by atoms with E-state index in [1.807, 2.05) is 42.6 Å². The van der Waals surface area contributed by atoms with Gasteiger partial charge in [-0.25, -0.2) is 19.3 Å². The van der Waals surface area contributed by atoms with Crippen LogP contribution < -0.4 is 5.32 Å². The van der Waals surface area contributed by atoms with E-state index in [0.717, 1.165) is 16.3 Å². The zero-order valence-electron chi connectivity index (χ0n) is 15.6. The fourth-order valence-electron chi connectivity index (χ4n) is 2.86. The lowest BCUT2D eigenvalue weighted by Gasteiger charge is -2.04. The lowest BCUT2D eigenvalue weighted by Crippen LogP contribution is -2.12. The van der Waals surface area contributed by atoms with Gasteiger partial charge in [-0.05, 0) is 30.3 Å². The Bertz CT molecular complexity index is 1270. The van der Waals surface area contributed by atoms with Gasteiger partial charge < -0.3 is 5.32 Å². The van der Waals surface area contributed by atoms with E-state index in [1.54, 1.807) is 51.7 Å². The molecule has 0 unspecified atom stereocenters. The Kier molecular flexibility index (Phi) is 4.62. The molecule has 1 aromatic carbocycles. The molecule has 0 radical (unpaired) electrons. The number of para-hydroxylation sites is 1. The number of carbonyl (C=O) groups excluding carboxylic acids is 1. The molecule has 4 aromatic heterocycles. The number of anilines is 1. The largest absolute Gasteiger partial charge is 0.319 e. The van der Waals surface area contributed by atoms with Gasteiger partial charge in [0.2, 0.25) is 0 Å². The Labute approximate surface area is 175 Å². The van der Waals surface area contributed by atoms with Crippen LogP contribution in [0.2, 0.25) is 0 Å². The molecule has 9 heteroatoms. The van der Waals surface area contributed by atoms with Crippen molar-refractivity contribution in [2.45, 2.75) is 0 Å². The third-order valence-corrected chi connectivity index (χ3v) is 5.22.